The van der Waals surface area contributed by atoms with E-state index in [9.17, 15) is 4.79 Å². The lowest BCUT2D eigenvalue weighted by atomic mass is 9.69. The molecule has 0 saturated carbocycles. The largest absolute Gasteiger partial charge is 0.341 e. The minimum Gasteiger partial charge on any atom is -0.341 e. The molecule has 1 aromatic rings. The summed E-state index contributed by atoms with van der Waals surface area (Å²) in [6.07, 6.45) is 2.32. The van der Waals surface area contributed by atoms with E-state index in [0.717, 1.165) is 32.6 Å². The van der Waals surface area contributed by atoms with E-state index in [1.807, 2.05) is 4.90 Å². The summed E-state index contributed by atoms with van der Waals surface area (Å²) in [7, 11) is 0. The summed E-state index contributed by atoms with van der Waals surface area (Å²) >= 11 is 0. The maximum atomic E-state index is 11.7. The first-order valence-corrected chi connectivity index (χ1v) is 7.72. The number of carbonyl (C=O) groups is 1. The molecule has 0 N–H and O–H groups in total. The van der Waals surface area contributed by atoms with Crippen LogP contribution in [0.2, 0.25) is 0 Å². The van der Waals surface area contributed by atoms with Crippen molar-refractivity contribution < 1.29 is 4.79 Å². The van der Waals surface area contributed by atoms with Crippen molar-refractivity contribution in [1.82, 2.24) is 9.80 Å². The van der Waals surface area contributed by atoms with Crippen molar-refractivity contribution in [2.75, 3.05) is 26.2 Å². The van der Waals surface area contributed by atoms with E-state index < -0.39 is 0 Å². The number of amides is 1. The van der Waals surface area contributed by atoms with Crippen LogP contribution in [0, 0.1) is 0 Å². The molecule has 1 aromatic carbocycles. The zero-order chi connectivity index (χ0) is 14.2. The Morgan fingerprint density at radius 3 is 2.60 bits per heavy atom. The minimum absolute atomic E-state index is 0.217. The van der Waals surface area contributed by atoms with E-state index in [4.69, 9.17) is 0 Å². The molecule has 2 heterocycles. The Morgan fingerprint density at radius 1 is 1.25 bits per heavy atom. The number of likely N-dealkylation sites (tertiary alicyclic amines) is 2. The van der Waals surface area contributed by atoms with Crippen LogP contribution < -0.4 is 0 Å². The maximum absolute atomic E-state index is 11.7. The normalized spacial score (nSPS) is 30.3. The van der Waals surface area contributed by atoms with Crippen molar-refractivity contribution in [3.63, 3.8) is 0 Å². The van der Waals surface area contributed by atoms with Crippen LogP contribution in [0.15, 0.2) is 30.3 Å². The van der Waals surface area contributed by atoms with Gasteiger partial charge in [-0.05, 0) is 31.5 Å². The average molecular weight is 272 g/mol. The predicted octanol–water partition coefficient (Wildman–Crippen LogP) is 2.27. The van der Waals surface area contributed by atoms with Gasteiger partial charge in [0.2, 0.25) is 5.91 Å². The third kappa shape index (κ3) is 2.05. The Labute approximate surface area is 121 Å². The molecule has 2 aliphatic rings. The van der Waals surface area contributed by atoms with Crippen molar-refractivity contribution in [1.29, 1.82) is 0 Å². The molecule has 3 heteroatoms. The van der Waals surface area contributed by atoms with Gasteiger partial charge in [0.05, 0.1) is 0 Å². The van der Waals surface area contributed by atoms with E-state index in [0.29, 0.717) is 6.04 Å². The molecule has 3 rings (SSSR count). The van der Waals surface area contributed by atoms with Gasteiger partial charge < -0.3 is 4.90 Å². The smallest absolute Gasteiger partial charge is 0.219 e. The number of hydrogen-bond donors (Lipinski definition) is 0. The molecule has 0 aliphatic carbocycles. The fourth-order valence-corrected chi connectivity index (χ4v) is 4.15. The second kappa shape index (κ2) is 5.21. The van der Waals surface area contributed by atoms with Crippen LogP contribution in [-0.4, -0.2) is 47.9 Å². The first-order valence-electron chi connectivity index (χ1n) is 7.72. The van der Waals surface area contributed by atoms with E-state index in [1.54, 1.807) is 6.92 Å². The van der Waals surface area contributed by atoms with Gasteiger partial charge in [-0.25, -0.2) is 0 Å². The standard InChI is InChI=1S/C17H24N2O/c1-3-18-11-9-17(15-7-5-4-6-8-15)10-12-19(14(2)20)13-16(17)18/h4-8,16H,3,9-13H2,1-2H3/t16-,17-/m1/s1. The quantitative estimate of drug-likeness (QED) is 0.824. The lowest BCUT2D eigenvalue weighted by molar-refractivity contribution is -0.131. The third-order valence-corrected chi connectivity index (χ3v) is 5.35. The summed E-state index contributed by atoms with van der Waals surface area (Å²) in [5.41, 5.74) is 1.72. The van der Waals surface area contributed by atoms with Crippen molar-refractivity contribution in [2.24, 2.45) is 0 Å². The fraction of sp³-hybridized carbons (Fsp3) is 0.588. The highest BCUT2D eigenvalue weighted by molar-refractivity contribution is 5.73. The number of hydrogen-bond acceptors (Lipinski definition) is 2. The third-order valence-electron chi connectivity index (χ3n) is 5.35. The van der Waals surface area contributed by atoms with Gasteiger partial charge in [0.1, 0.15) is 0 Å². The van der Waals surface area contributed by atoms with E-state index in [-0.39, 0.29) is 11.3 Å². The predicted molar refractivity (Wildman–Crippen MR) is 80.6 cm³/mol. The maximum Gasteiger partial charge on any atom is 0.219 e. The van der Waals surface area contributed by atoms with E-state index >= 15 is 0 Å². The van der Waals surface area contributed by atoms with Gasteiger partial charge in [0.15, 0.2) is 0 Å². The average Bonchev–Trinajstić information content (AvgIpc) is 2.87. The molecule has 3 nitrogen and oxygen atoms in total. The molecule has 0 radical (unpaired) electrons. The number of benzene rings is 1. The van der Waals surface area contributed by atoms with Crippen LogP contribution in [0.4, 0.5) is 0 Å². The van der Waals surface area contributed by atoms with Gasteiger partial charge in [-0.2, -0.15) is 0 Å². The van der Waals surface area contributed by atoms with Crippen molar-refractivity contribution in [3.05, 3.63) is 35.9 Å². The second-order valence-electron chi connectivity index (χ2n) is 6.13. The molecule has 0 spiro atoms. The first-order chi connectivity index (χ1) is 9.67. The Bertz CT molecular complexity index is 487. The van der Waals surface area contributed by atoms with Crippen LogP contribution in [0.5, 0.6) is 0 Å². The molecule has 0 unspecified atom stereocenters. The van der Waals surface area contributed by atoms with Crippen LogP contribution in [0.25, 0.3) is 0 Å². The van der Waals surface area contributed by atoms with Gasteiger partial charge in [-0.3, -0.25) is 9.69 Å². The highest BCUT2D eigenvalue weighted by atomic mass is 16.2. The van der Waals surface area contributed by atoms with Crippen molar-refractivity contribution in [3.8, 4) is 0 Å². The zero-order valence-corrected chi connectivity index (χ0v) is 12.5. The van der Waals surface area contributed by atoms with E-state index in [1.165, 1.54) is 12.0 Å². The summed E-state index contributed by atoms with van der Waals surface area (Å²) in [5.74, 6) is 0.217. The molecule has 1 amide bonds. The molecule has 108 valence electrons. The lowest BCUT2D eigenvalue weighted by Crippen LogP contribution is -2.56. The number of piperidine rings is 1. The number of rotatable bonds is 2. The van der Waals surface area contributed by atoms with Gasteiger partial charge in [0.25, 0.3) is 0 Å². The zero-order valence-electron chi connectivity index (χ0n) is 12.5. The first kappa shape index (κ1) is 13.6. The fourth-order valence-electron chi connectivity index (χ4n) is 4.15. The monoisotopic (exact) mass is 272 g/mol. The summed E-state index contributed by atoms with van der Waals surface area (Å²) in [5, 5.41) is 0. The summed E-state index contributed by atoms with van der Waals surface area (Å²) in [6.45, 7) is 7.94. The molecule has 2 fully saturated rings. The molecular weight excluding hydrogens is 248 g/mol. The number of carbonyl (C=O) groups excluding carboxylic acids is 1. The van der Waals surface area contributed by atoms with E-state index in [2.05, 4.69) is 42.2 Å². The molecule has 20 heavy (non-hydrogen) atoms. The Kier molecular flexibility index (Phi) is 3.55. The SMILES string of the molecule is CCN1CC[C@]2(c3ccccc3)CCN(C(C)=O)C[C@@H]12. The minimum atomic E-state index is 0.217. The summed E-state index contributed by atoms with van der Waals surface area (Å²) in [6, 6.07) is 11.4. The van der Waals surface area contributed by atoms with Gasteiger partial charge in [-0.1, -0.05) is 37.3 Å². The second-order valence-corrected chi connectivity index (χ2v) is 6.13. The molecule has 2 saturated heterocycles. The van der Waals surface area contributed by atoms with Gasteiger partial charge in [-0.15, -0.1) is 0 Å². The van der Waals surface area contributed by atoms with Crippen molar-refractivity contribution >= 4 is 5.91 Å². The molecule has 2 atom stereocenters. The van der Waals surface area contributed by atoms with Gasteiger partial charge >= 0.3 is 0 Å². The van der Waals surface area contributed by atoms with Crippen molar-refractivity contribution in [2.45, 2.75) is 38.1 Å². The molecule has 0 aromatic heterocycles. The number of likely N-dealkylation sites (N-methyl/N-ethyl adjacent to an activating group) is 1. The lowest BCUT2D eigenvalue weighted by Gasteiger charge is -2.46. The highest BCUT2D eigenvalue weighted by Gasteiger charge is 2.50. The Balaban J connectivity index is 1.95. The Hall–Kier alpha value is -1.35. The van der Waals surface area contributed by atoms with Crippen LogP contribution in [-0.2, 0) is 10.2 Å². The topological polar surface area (TPSA) is 23.6 Å². The molecule has 2 aliphatic heterocycles. The highest BCUT2D eigenvalue weighted by Crippen LogP contribution is 2.45. The number of fused-ring (bicyclic) bond motifs is 1. The Morgan fingerprint density at radius 2 is 1.95 bits per heavy atom. The van der Waals surface area contributed by atoms with Gasteiger partial charge in [0, 0.05) is 31.5 Å². The van der Waals surface area contributed by atoms with Crippen LogP contribution >= 0.6 is 0 Å². The van der Waals surface area contributed by atoms with Crippen LogP contribution in [0.1, 0.15) is 32.3 Å². The summed E-state index contributed by atoms with van der Waals surface area (Å²) < 4.78 is 0. The summed E-state index contributed by atoms with van der Waals surface area (Å²) in [4.78, 5) is 16.3. The molecule has 0 bridgehead atoms. The molecular formula is C17H24N2O. The van der Waals surface area contributed by atoms with Crippen LogP contribution in [0.3, 0.4) is 0 Å². The number of nitrogens with zero attached hydrogens (tertiary/aromatic N) is 2.